The summed E-state index contributed by atoms with van der Waals surface area (Å²) < 4.78 is 11.3. The number of aliphatic hydroxyl groups is 1. The van der Waals surface area contributed by atoms with Crippen molar-refractivity contribution in [1.29, 1.82) is 0 Å². The number of benzene rings is 2. The lowest BCUT2D eigenvalue weighted by Gasteiger charge is -2.46. The van der Waals surface area contributed by atoms with Crippen LogP contribution in [0.3, 0.4) is 0 Å². The number of nitrogens with zero attached hydrogens (tertiary/aromatic N) is 5. The van der Waals surface area contributed by atoms with Gasteiger partial charge < -0.3 is 29.3 Å². The van der Waals surface area contributed by atoms with Crippen LogP contribution in [-0.4, -0.2) is 97.2 Å². The van der Waals surface area contributed by atoms with Gasteiger partial charge in [0, 0.05) is 59.5 Å². The van der Waals surface area contributed by atoms with Crippen molar-refractivity contribution in [2.24, 2.45) is 11.8 Å². The standard InChI is InChI=1S/C34H39N5O10S/c1-20-29-28(21(2)40)32(41)37(29)30(33(42)48-18-22-5-9-24(10-6-22)38(44)45)31(20)50-27-15-26(16-35-13-3-4-14-35)36(17-27)34(43)49-19-23-7-11-25(12-8-23)39(46)47/h5-12,20-21,26-29,40H,3-4,13-19H2,1-2H3/t20-,21-,26+,27+,28-,29-/m1/s1. The number of carbonyl (C=O) groups excluding carboxylic acids is 3. The molecule has 6 rings (SSSR count). The Labute approximate surface area is 292 Å². The summed E-state index contributed by atoms with van der Waals surface area (Å²) in [6.07, 6.45) is 1.38. The van der Waals surface area contributed by atoms with Gasteiger partial charge in [0.1, 0.15) is 18.9 Å². The number of rotatable bonds is 12. The highest BCUT2D eigenvalue weighted by atomic mass is 32.2. The molecule has 6 atom stereocenters. The van der Waals surface area contributed by atoms with E-state index in [2.05, 4.69) is 4.90 Å². The van der Waals surface area contributed by atoms with E-state index in [0.29, 0.717) is 35.5 Å². The minimum atomic E-state index is -0.912. The first-order valence-corrected chi connectivity index (χ1v) is 17.5. The van der Waals surface area contributed by atoms with Gasteiger partial charge in [-0.2, -0.15) is 0 Å². The minimum absolute atomic E-state index is 0.0476. The maximum absolute atomic E-state index is 13.7. The number of thioether (sulfide) groups is 1. The SMILES string of the molecule is C[C@@H](O)[C@H]1C(=O)N2C(C(=O)OCc3ccc([N+](=O)[O-])cc3)=C(S[C@H]3C[C@@H](CN4CCCC4)N(C(=O)OCc4ccc([N+](=O)[O-])cc4)C3)[C@H](C)[C@H]12. The summed E-state index contributed by atoms with van der Waals surface area (Å²) in [5, 5.41) is 32.3. The van der Waals surface area contributed by atoms with Crippen molar-refractivity contribution in [2.75, 3.05) is 26.2 Å². The second kappa shape index (κ2) is 14.7. The number of hydrogen-bond acceptors (Lipinski definition) is 12. The summed E-state index contributed by atoms with van der Waals surface area (Å²) in [6, 6.07) is 10.9. The number of esters is 1. The van der Waals surface area contributed by atoms with Crippen LogP contribution in [0.25, 0.3) is 0 Å². The molecule has 2 aromatic carbocycles. The predicted octanol–water partition coefficient (Wildman–Crippen LogP) is 4.22. The fraction of sp³-hybridized carbons (Fsp3) is 0.500. The second-order valence-electron chi connectivity index (χ2n) is 13.2. The van der Waals surface area contributed by atoms with Crippen LogP contribution < -0.4 is 0 Å². The molecule has 3 fully saturated rings. The Morgan fingerprint density at radius 1 is 0.960 bits per heavy atom. The molecule has 3 saturated heterocycles. The Morgan fingerprint density at radius 3 is 2.06 bits per heavy atom. The molecule has 2 aromatic rings. The normalized spacial score (nSPS) is 25.3. The Hall–Kier alpha value is -4.54. The van der Waals surface area contributed by atoms with E-state index in [1.165, 1.54) is 53.1 Å². The number of ether oxygens (including phenoxy) is 2. The van der Waals surface area contributed by atoms with Crippen molar-refractivity contribution in [3.63, 3.8) is 0 Å². The van der Waals surface area contributed by atoms with E-state index < -0.39 is 40.0 Å². The summed E-state index contributed by atoms with van der Waals surface area (Å²) >= 11 is 1.45. The van der Waals surface area contributed by atoms with Crippen LogP contribution in [0.5, 0.6) is 0 Å². The number of β-lactam (4-membered cyclic amide) rings is 1. The minimum Gasteiger partial charge on any atom is -0.456 e. The van der Waals surface area contributed by atoms with Crippen molar-refractivity contribution < 1.29 is 38.8 Å². The number of aliphatic hydroxyl groups excluding tert-OH is 1. The van der Waals surface area contributed by atoms with Crippen LogP contribution >= 0.6 is 11.8 Å². The largest absolute Gasteiger partial charge is 0.456 e. The lowest BCUT2D eigenvalue weighted by molar-refractivity contribution is -0.385. The predicted molar refractivity (Wildman–Crippen MR) is 180 cm³/mol. The summed E-state index contributed by atoms with van der Waals surface area (Å²) in [5.41, 5.74) is 1.15. The number of amides is 2. The van der Waals surface area contributed by atoms with E-state index in [-0.39, 0.29) is 53.4 Å². The molecule has 266 valence electrons. The Bertz CT molecular complexity index is 1680. The topological polar surface area (TPSA) is 186 Å². The first-order chi connectivity index (χ1) is 23.9. The van der Waals surface area contributed by atoms with Crippen molar-refractivity contribution in [3.05, 3.63) is 90.5 Å². The van der Waals surface area contributed by atoms with E-state index >= 15 is 0 Å². The zero-order valence-corrected chi connectivity index (χ0v) is 28.5. The molecule has 0 aliphatic carbocycles. The number of likely N-dealkylation sites (tertiary alicyclic amines) is 2. The molecule has 0 spiro atoms. The molecule has 4 heterocycles. The molecule has 0 unspecified atom stereocenters. The van der Waals surface area contributed by atoms with Crippen LogP contribution in [0, 0.1) is 32.1 Å². The molecule has 4 aliphatic rings. The monoisotopic (exact) mass is 709 g/mol. The zero-order chi connectivity index (χ0) is 35.7. The van der Waals surface area contributed by atoms with Crippen molar-refractivity contribution in [3.8, 4) is 0 Å². The molecule has 2 amide bonds. The first kappa shape index (κ1) is 35.3. The number of fused-ring (bicyclic) bond motifs is 1. The van der Waals surface area contributed by atoms with E-state index in [9.17, 15) is 39.7 Å². The van der Waals surface area contributed by atoms with Gasteiger partial charge in [0.25, 0.3) is 11.4 Å². The van der Waals surface area contributed by atoms with E-state index in [1.807, 2.05) is 6.92 Å². The maximum atomic E-state index is 13.7. The summed E-state index contributed by atoms with van der Waals surface area (Å²) in [7, 11) is 0. The first-order valence-electron chi connectivity index (χ1n) is 16.6. The number of hydrogen-bond donors (Lipinski definition) is 1. The van der Waals surface area contributed by atoms with Crippen LogP contribution in [0.2, 0.25) is 0 Å². The molecule has 1 N–H and O–H groups in total. The molecule has 4 aliphatic heterocycles. The fourth-order valence-electron chi connectivity index (χ4n) is 7.34. The van der Waals surface area contributed by atoms with Crippen LogP contribution in [0.1, 0.15) is 44.2 Å². The zero-order valence-electron chi connectivity index (χ0n) is 27.7. The van der Waals surface area contributed by atoms with Crippen LogP contribution in [-0.2, 0) is 32.3 Å². The molecular formula is C34H39N5O10S. The highest BCUT2D eigenvalue weighted by Crippen LogP contribution is 2.52. The van der Waals surface area contributed by atoms with Gasteiger partial charge in [-0.1, -0.05) is 6.92 Å². The third kappa shape index (κ3) is 7.18. The van der Waals surface area contributed by atoms with Gasteiger partial charge in [0.15, 0.2) is 0 Å². The molecule has 50 heavy (non-hydrogen) atoms. The summed E-state index contributed by atoms with van der Waals surface area (Å²) in [4.78, 5) is 67.6. The molecule has 0 saturated carbocycles. The maximum Gasteiger partial charge on any atom is 0.410 e. The van der Waals surface area contributed by atoms with Gasteiger partial charge in [0.05, 0.1) is 27.9 Å². The Balaban J connectivity index is 1.19. The smallest absolute Gasteiger partial charge is 0.410 e. The van der Waals surface area contributed by atoms with Crippen molar-refractivity contribution in [1.82, 2.24) is 14.7 Å². The number of carbonyl (C=O) groups is 3. The molecule has 0 radical (unpaired) electrons. The van der Waals surface area contributed by atoms with E-state index in [1.54, 1.807) is 24.0 Å². The van der Waals surface area contributed by atoms with E-state index in [4.69, 9.17) is 9.47 Å². The quantitative estimate of drug-likeness (QED) is 0.143. The van der Waals surface area contributed by atoms with Gasteiger partial charge in [-0.15, -0.1) is 11.8 Å². The third-order valence-electron chi connectivity index (χ3n) is 9.90. The van der Waals surface area contributed by atoms with Gasteiger partial charge in [-0.05, 0) is 74.7 Å². The van der Waals surface area contributed by atoms with Gasteiger partial charge >= 0.3 is 12.1 Å². The Kier molecular flexibility index (Phi) is 10.4. The van der Waals surface area contributed by atoms with Crippen molar-refractivity contribution >= 4 is 41.1 Å². The highest BCUT2D eigenvalue weighted by Gasteiger charge is 2.60. The number of non-ortho nitro benzene ring substituents is 2. The van der Waals surface area contributed by atoms with Gasteiger partial charge in [0.2, 0.25) is 5.91 Å². The summed E-state index contributed by atoms with van der Waals surface area (Å²) in [6.45, 7) is 6.15. The third-order valence-corrected chi connectivity index (χ3v) is 11.4. The lowest BCUT2D eigenvalue weighted by atomic mass is 9.79. The van der Waals surface area contributed by atoms with Gasteiger partial charge in [-0.25, -0.2) is 9.59 Å². The lowest BCUT2D eigenvalue weighted by Crippen LogP contribution is -2.63. The van der Waals surface area contributed by atoms with Crippen LogP contribution in [0.15, 0.2) is 59.1 Å². The number of nitro benzene ring substituents is 2. The molecule has 0 aromatic heterocycles. The van der Waals surface area contributed by atoms with Crippen LogP contribution in [0.4, 0.5) is 16.2 Å². The van der Waals surface area contributed by atoms with Gasteiger partial charge in [-0.3, -0.25) is 25.0 Å². The highest BCUT2D eigenvalue weighted by molar-refractivity contribution is 8.03. The Morgan fingerprint density at radius 2 is 1.52 bits per heavy atom. The molecular weight excluding hydrogens is 670 g/mol. The summed E-state index contributed by atoms with van der Waals surface area (Å²) in [5.74, 6) is -2.01. The molecule has 15 nitrogen and oxygen atoms in total. The van der Waals surface area contributed by atoms with Crippen molar-refractivity contribution in [2.45, 2.75) is 69.8 Å². The molecule has 16 heteroatoms. The average molecular weight is 710 g/mol. The molecule has 0 bridgehead atoms. The number of nitro groups is 2. The fourth-order valence-corrected chi connectivity index (χ4v) is 8.90. The average Bonchev–Trinajstić information content (AvgIpc) is 3.81. The second-order valence-corrected chi connectivity index (χ2v) is 14.6. The van der Waals surface area contributed by atoms with E-state index in [0.717, 1.165) is 25.9 Å².